The van der Waals surface area contributed by atoms with Crippen molar-refractivity contribution in [3.8, 4) is 0 Å². The lowest BCUT2D eigenvalue weighted by atomic mass is 9.92. The van der Waals surface area contributed by atoms with Crippen molar-refractivity contribution in [1.82, 2.24) is 5.32 Å². The summed E-state index contributed by atoms with van der Waals surface area (Å²) in [4.78, 5) is 0. The molecule has 0 bridgehead atoms. The standard InChI is InChI=1S/C10H15F6NO/c1-17-6-4-2-3-5-7(6)18-8(9(11,12)13)10(14,15)16/h6-8,17H,2-5H2,1H3. The van der Waals surface area contributed by atoms with Gasteiger partial charge in [-0.3, -0.25) is 0 Å². The zero-order chi connectivity index (χ0) is 14.0. The number of likely N-dealkylation sites (N-methyl/N-ethyl adjacent to an activating group) is 1. The number of nitrogens with one attached hydrogen (secondary N) is 1. The molecule has 0 aromatic heterocycles. The van der Waals surface area contributed by atoms with Crippen LogP contribution in [0.25, 0.3) is 0 Å². The number of alkyl halides is 6. The molecule has 1 N–H and O–H groups in total. The van der Waals surface area contributed by atoms with E-state index in [0.29, 0.717) is 12.8 Å². The Hall–Kier alpha value is -0.500. The highest BCUT2D eigenvalue weighted by Crippen LogP contribution is 2.38. The van der Waals surface area contributed by atoms with Crippen LogP contribution in [0, 0.1) is 0 Å². The second-order valence-electron chi connectivity index (χ2n) is 4.32. The van der Waals surface area contributed by atoms with Crippen molar-refractivity contribution in [3.05, 3.63) is 0 Å². The van der Waals surface area contributed by atoms with E-state index in [1.807, 2.05) is 0 Å². The van der Waals surface area contributed by atoms with Gasteiger partial charge in [-0.05, 0) is 19.9 Å². The van der Waals surface area contributed by atoms with Crippen LogP contribution in [-0.4, -0.2) is 37.7 Å². The fraction of sp³-hybridized carbons (Fsp3) is 1.00. The van der Waals surface area contributed by atoms with Gasteiger partial charge < -0.3 is 10.1 Å². The van der Waals surface area contributed by atoms with Crippen LogP contribution < -0.4 is 5.32 Å². The van der Waals surface area contributed by atoms with Crippen molar-refractivity contribution in [2.45, 2.75) is 56.3 Å². The summed E-state index contributed by atoms with van der Waals surface area (Å²) >= 11 is 0. The van der Waals surface area contributed by atoms with Crippen LogP contribution in [0.5, 0.6) is 0 Å². The van der Waals surface area contributed by atoms with Crippen molar-refractivity contribution in [3.63, 3.8) is 0 Å². The van der Waals surface area contributed by atoms with Gasteiger partial charge in [0.25, 0.3) is 0 Å². The lowest BCUT2D eigenvalue weighted by Crippen LogP contribution is -2.51. The average molecular weight is 279 g/mol. The van der Waals surface area contributed by atoms with Gasteiger partial charge in [0.2, 0.25) is 6.10 Å². The molecule has 2 atom stereocenters. The zero-order valence-corrected chi connectivity index (χ0v) is 9.74. The summed E-state index contributed by atoms with van der Waals surface area (Å²) in [7, 11) is 1.50. The second kappa shape index (κ2) is 5.64. The molecule has 1 aliphatic rings. The molecule has 0 radical (unpaired) electrons. The molecule has 0 saturated heterocycles. The van der Waals surface area contributed by atoms with E-state index in [1.54, 1.807) is 0 Å². The molecular weight excluding hydrogens is 264 g/mol. The lowest BCUT2D eigenvalue weighted by molar-refractivity contribution is -0.333. The SMILES string of the molecule is CNC1CCCCC1OC(C(F)(F)F)C(F)(F)F. The van der Waals surface area contributed by atoms with E-state index in [9.17, 15) is 26.3 Å². The van der Waals surface area contributed by atoms with Gasteiger partial charge in [-0.2, -0.15) is 26.3 Å². The number of rotatable bonds is 3. The van der Waals surface area contributed by atoms with Crippen LogP contribution >= 0.6 is 0 Å². The minimum absolute atomic E-state index is 0.203. The fourth-order valence-corrected chi connectivity index (χ4v) is 2.10. The summed E-state index contributed by atoms with van der Waals surface area (Å²) in [5.41, 5.74) is 0. The summed E-state index contributed by atoms with van der Waals surface area (Å²) in [6.07, 6.45) is -13.6. The second-order valence-corrected chi connectivity index (χ2v) is 4.32. The molecule has 0 heterocycles. The summed E-state index contributed by atoms with van der Waals surface area (Å²) in [6, 6.07) is -0.467. The number of hydrogen-bond acceptors (Lipinski definition) is 2. The van der Waals surface area contributed by atoms with E-state index in [2.05, 4.69) is 10.1 Å². The number of ether oxygens (including phenoxy) is 1. The van der Waals surface area contributed by atoms with E-state index in [0.717, 1.165) is 6.42 Å². The smallest absolute Gasteiger partial charge is 0.356 e. The maximum atomic E-state index is 12.3. The Labute approximate surface area is 101 Å². The van der Waals surface area contributed by atoms with Crippen LogP contribution in [0.4, 0.5) is 26.3 Å². The van der Waals surface area contributed by atoms with E-state index in [4.69, 9.17) is 0 Å². The summed E-state index contributed by atoms with van der Waals surface area (Å²) < 4.78 is 78.3. The Morgan fingerprint density at radius 1 is 1.00 bits per heavy atom. The van der Waals surface area contributed by atoms with Gasteiger partial charge in [-0.1, -0.05) is 12.8 Å². The highest BCUT2D eigenvalue weighted by Gasteiger charge is 2.59. The maximum absolute atomic E-state index is 12.3. The fourth-order valence-electron chi connectivity index (χ4n) is 2.10. The third-order valence-corrected chi connectivity index (χ3v) is 2.98. The van der Waals surface area contributed by atoms with Crippen molar-refractivity contribution in [1.29, 1.82) is 0 Å². The predicted molar refractivity (Wildman–Crippen MR) is 52.1 cm³/mol. The molecule has 2 nitrogen and oxygen atoms in total. The molecule has 18 heavy (non-hydrogen) atoms. The summed E-state index contributed by atoms with van der Waals surface area (Å²) in [6.45, 7) is 0. The molecule has 0 aromatic carbocycles. The minimum Gasteiger partial charge on any atom is -0.356 e. The van der Waals surface area contributed by atoms with Gasteiger partial charge in [0.05, 0.1) is 6.10 Å². The third kappa shape index (κ3) is 4.01. The first kappa shape index (κ1) is 15.6. The molecular formula is C10H15F6NO. The van der Waals surface area contributed by atoms with E-state index in [-0.39, 0.29) is 6.42 Å². The monoisotopic (exact) mass is 279 g/mol. The lowest BCUT2D eigenvalue weighted by Gasteiger charge is -2.35. The highest BCUT2D eigenvalue weighted by atomic mass is 19.4. The normalized spacial score (nSPS) is 26.7. The first-order chi connectivity index (χ1) is 8.16. The van der Waals surface area contributed by atoms with Gasteiger partial charge in [-0.25, -0.2) is 0 Å². The van der Waals surface area contributed by atoms with Crippen molar-refractivity contribution in [2.24, 2.45) is 0 Å². The van der Waals surface area contributed by atoms with Crippen LogP contribution in [0.15, 0.2) is 0 Å². The third-order valence-electron chi connectivity index (χ3n) is 2.98. The number of hydrogen-bond donors (Lipinski definition) is 1. The van der Waals surface area contributed by atoms with E-state index >= 15 is 0 Å². The Kier molecular flexibility index (Phi) is 4.88. The topological polar surface area (TPSA) is 21.3 Å². The van der Waals surface area contributed by atoms with Gasteiger partial charge in [0.15, 0.2) is 0 Å². The zero-order valence-electron chi connectivity index (χ0n) is 9.74. The molecule has 0 aromatic rings. The first-order valence-electron chi connectivity index (χ1n) is 5.62. The van der Waals surface area contributed by atoms with Crippen molar-refractivity contribution in [2.75, 3.05) is 7.05 Å². The minimum atomic E-state index is -5.44. The molecule has 2 unspecified atom stereocenters. The van der Waals surface area contributed by atoms with Gasteiger partial charge in [-0.15, -0.1) is 0 Å². The maximum Gasteiger partial charge on any atom is 0.423 e. The average Bonchev–Trinajstić information content (AvgIpc) is 2.23. The van der Waals surface area contributed by atoms with Crippen LogP contribution in [-0.2, 0) is 4.74 Å². The molecule has 0 amide bonds. The Morgan fingerprint density at radius 3 is 1.94 bits per heavy atom. The first-order valence-corrected chi connectivity index (χ1v) is 5.62. The quantitative estimate of drug-likeness (QED) is 0.802. The van der Waals surface area contributed by atoms with Crippen molar-refractivity contribution < 1.29 is 31.1 Å². The van der Waals surface area contributed by atoms with Gasteiger partial charge >= 0.3 is 12.4 Å². The van der Waals surface area contributed by atoms with Gasteiger partial charge in [0.1, 0.15) is 0 Å². The largest absolute Gasteiger partial charge is 0.423 e. The Balaban J connectivity index is 2.76. The van der Waals surface area contributed by atoms with E-state index in [1.165, 1.54) is 7.05 Å². The van der Waals surface area contributed by atoms with Crippen molar-refractivity contribution >= 4 is 0 Å². The molecule has 0 spiro atoms. The molecule has 1 aliphatic carbocycles. The van der Waals surface area contributed by atoms with Crippen LogP contribution in [0.1, 0.15) is 25.7 Å². The Morgan fingerprint density at radius 2 is 1.50 bits per heavy atom. The Bertz CT molecular complexity index is 250. The summed E-state index contributed by atoms with van der Waals surface area (Å²) in [5, 5.41) is 2.70. The summed E-state index contributed by atoms with van der Waals surface area (Å²) in [5.74, 6) is 0. The van der Waals surface area contributed by atoms with Crippen LogP contribution in [0.3, 0.4) is 0 Å². The predicted octanol–water partition coefficient (Wildman–Crippen LogP) is 3.03. The molecule has 108 valence electrons. The molecule has 0 aliphatic heterocycles. The molecule has 1 fully saturated rings. The molecule has 8 heteroatoms. The molecule has 1 saturated carbocycles. The number of halogens is 6. The van der Waals surface area contributed by atoms with E-state index < -0.39 is 30.6 Å². The highest BCUT2D eigenvalue weighted by molar-refractivity contribution is 4.85. The van der Waals surface area contributed by atoms with Crippen LogP contribution in [0.2, 0.25) is 0 Å². The molecule has 1 rings (SSSR count). The van der Waals surface area contributed by atoms with Gasteiger partial charge in [0, 0.05) is 6.04 Å².